The van der Waals surface area contributed by atoms with Crippen molar-refractivity contribution >= 4 is 23.3 Å². The molecule has 2 heterocycles. The van der Waals surface area contributed by atoms with Gasteiger partial charge in [-0.15, -0.1) is 0 Å². The van der Waals surface area contributed by atoms with Crippen molar-refractivity contribution in [1.29, 1.82) is 0 Å². The van der Waals surface area contributed by atoms with Crippen LogP contribution in [0.15, 0.2) is 12.3 Å². The van der Waals surface area contributed by atoms with E-state index < -0.39 is 11.7 Å². The molecule has 0 bridgehead atoms. The van der Waals surface area contributed by atoms with Gasteiger partial charge in [0.2, 0.25) is 5.91 Å². The molecule has 1 aliphatic heterocycles. The smallest absolute Gasteiger partial charge is 0.364 e. The maximum atomic E-state index is 12.4. The maximum Gasteiger partial charge on any atom is 0.417 e. The summed E-state index contributed by atoms with van der Waals surface area (Å²) in [6.07, 6.45) is -2.77. The molecule has 1 fully saturated rings. The lowest BCUT2D eigenvalue weighted by atomic mass is 10.1. The van der Waals surface area contributed by atoms with E-state index in [1.807, 2.05) is 0 Å². The lowest BCUT2D eigenvalue weighted by molar-refractivity contribution is -0.137. The van der Waals surface area contributed by atoms with Crippen molar-refractivity contribution in [3.05, 3.63) is 22.8 Å². The van der Waals surface area contributed by atoms with Gasteiger partial charge in [0.05, 0.1) is 10.6 Å². The molecule has 2 rings (SSSR count). The number of halogens is 4. The van der Waals surface area contributed by atoms with Crippen LogP contribution in [0.1, 0.15) is 18.4 Å². The lowest BCUT2D eigenvalue weighted by Gasteiger charge is -2.24. The van der Waals surface area contributed by atoms with Crippen LogP contribution in [0.4, 0.5) is 19.0 Å². The Kier molecular flexibility index (Phi) is 3.84. The minimum absolute atomic E-state index is 0.0375. The number of rotatable bonds is 2. The molecule has 1 aromatic heterocycles. The predicted octanol–water partition coefficient (Wildman–Crippen LogP) is 2.44. The van der Waals surface area contributed by atoms with E-state index in [2.05, 4.69) is 15.6 Å². The monoisotopic (exact) mass is 293 g/mol. The number of nitrogens with zero attached hydrogens (tertiary/aromatic N) is 1. The zero-order valence-electron chi connectivity index (χ0n) is 9.72. The van der Waals surface area contributed by atoms with E-state index in [-0.39, 0.29) is 22.8 Å². The molecule has 0 aromatic carbocycles. The quantitative estimate of drug-likeness (QED) is 0.880. The summed E-state index contributed by atoms with van der Waals surface area (Å²) in [6, 6.07) is 0.748. The molecule has 0 radical (unpaired) electrons. The molecule has 104 valence electrons. The first-order chi connectivity index (χ1) is 8.86. The minimum Gasteiger partial charge on any atom is -0.364 e. The third kappa shape index (κ3) is 3.50. The Bertz CT molecular complexity index is 483. The van der Waals surface area contributed by atoms with E-state index in [0.29, 0.717) is 19.4 Å². The van der Waals surface area contributed by atoms with Crippen molar-refractivity contribution in [3.8, 4) is 0 Å². The first-order valence-corrected chi connectivity index (χ1v) is 6.00. The molecule has 0 saturated carbocycles. The molecule has 0 spiro atoms. The number of carbonyl (C=O) groups is 1. The highest BCUT2D eigenvalue weighted by Gasteiger charge is 2.31. The molecular weight excluding hydrogens is 283 g/mol. The number of carbonyl (C=O) groups excluding carboxylic acids is 1. The Morgan fingerprint density at radius 3 is 2.74 bits per heavy atom. The molecule has 0 aliphatic carbocycles. The molecule has 1 atom stereocenters. The Hall–Kier alpha value is -1.50. The summed E-state index contributed by atoms with van der Waals surface area (Å²) < 4.78 is 37.3. The third-order valence-electron chi connectivity index (χ3n) is 2.77. The van der Waals surface area contributed by atoms with Gasteiger partial charge >= 0.3 is 6.18 Å². The lowest BCUT2D eigenvalue weighted by Crippen LogP contribution is -2.42. The average molecular weight is 294 g/mol. The molecular formula is C11H11ClF3N3O. The van der Waals surface area contributed by atoms with Gasteiger partial charge in [-0.2, -0.15) is 13.2 Å². The normalized spacial score (nSPS) is 20.0. The van der Waals surface area contributed by atoms with E-state index >= 15 is 0 Å². The van der Waals surface area contributed by atoms with Gasteiger partial charge in [0.1, 0.15) is 5.82 Å². The summed E-state index contributed by atoms with van der Waals surface area (Å²) >= 11 is 5.77. The number of hydrogen-bond acceptors (Lipinski definition) is 3. The zero-order valence-corrected chi connectivity index (χ0v) is 10.5. The number of anilines is 1. The molecule has 2 N–H and O–H groups in total. The molecule has 1 unspecified atom stereocenters. The second-order valence-electron chi connectivity index (χ2n) is 4.24. The van der Waals surface area contributed by atoms with E-state index in [1.54, 1.807) is 0 Å². The maximum absolute atomic E-state index is 12.4. The number of hydrogen-bond donors (Lipinski definition) is 2. The highest BCUT2D eigenvalue weighted by Crippen LogP contribution is 2.32. The van der Waals surface area contributed by atoms with E-state index in [1.165, 1.54) is 0 Å². The fraction of sp³-hybridized carbons (Fsp3) is 0.455. The highest BCUT2D eigenvalue weighted by molar-refractivity contribution is 6.33. The highest BCUT2D eigenvalue weighted by atomic mass is 35.5. The van der Waals surface area contributed by atoms with Crippen LogP contribution < -0.4 is 10.6 Å². The predicted molar refractivity (Wildman–Crippen MR) is 63.9 cm³/mol. The summed E-state index contributed by atoms with van der Waals surface area (Å²) in [7, 11) is 0. The molecule has 19 heavy (non-hydrogen) atoms. The van der Waals surface area contributed by atoms with E-state index in [4.69, 9.17) is 11.6 Å². The van der Waals surface area contributed by atoms with Crippen LogP contribution in [0.2, 0.25) is 5.02 Å². The van der Waals surface area contributed by atoms with Crippen LogP contribution in [0.25, 0.3) is 0 Å². The number of alkyl halides is 3. The number of nitrogens with one attached hydrogen (secondary N) is 2. The summed E-state index contributed by atoms with van der Waals surface area (Å²) in [6.45, 7) is 0.401. The first-order valence-electron chi connectivity index (χ1n) is 5.62. The first kappa shape index (κ1) is 13.9. The Balaban J connectivity index is 2.07. The fourth-order valence-corrected chi connectivity index (χ4v) is 1.97. The summed E-state index contributed by atoms with van der Waals surface area (Å²) in [5, 5.41) is 5.49. The molecule has 1 saturated heterocycles. The Morgan fingerprint density at radius 2 is 2.21 bits per heavy atom. The summed E-state index contributed by atoms with van der Waals surface area (Å²) in [4.78, 5) is 14.7. The largest absolute Gasteiger partial charge is 0.417 e. The van der Waals surface area contributed by atoms with Gasteiger partial charge in [0.25, 0.3) is 0 Å². The van der Waals surface area contributed by atoms with Crippen LogP contribution in [0, 0.1) is 0 Å². The summed E-state index contributed by atoms with van der Waals surface area (Å²) in [5.74, 6) is 0.153. The van der Waals surface area contributed by atoms with Gasteiger partial charge in [0.15, 0.2) is 0 Å². The van der Waals surface area contributed by atoms with Crippen LogP contribution in [0.3, 0.4) is 0 Å². The van der Waals surface area contributed by atoms with Crippen molar-refractivity contribution in [3.63, 3.8) is 0 Å². The third-order valence-corrected chi connectivity index (χ3v) is 3.06. The minimum atomic E-state index is -4.46. The molecule has 1 aliphatic rings. The number of aromatic nitrogens is 1. The Morgan fingerprint density at radius 1 is 1.47 bits per heavy atom. The van der Waals surface area contributed by atoms with Gasteiger partial charge in [-0.1, -0.05) is 11.6 Å². The van der Waals surface area contributed by atoms with Gasteiger partial charge in [-0.3, -0.25) is 4.79 Å². The molecule has 1 aromatic rings. The van der Waals surface area contributed by atoms with E-state index in [0.717, 1.165) is 12.3 Å². The van der Waals surface area contributed by atoms with Crippen molar-refractivity contribution in [1.82, 2.24) is 10.3 Å². The number of amides is 1. The van der Waals surface area contributed by atoms with Gasteiger partial charge in [0, 0.05) is 25.2 Å². The second kappa shape index (κ2) is 5.24. The zero-order chi connectivity index (χ0) is 14.0. The van der Waals surface area contributed by atoms with Crippen molar-refractivity contribution in [2.45, 2.75) is 25.1 Å². The number of piperidine rings is 1. The summed E-state index contributed by atoms with van der Waals surface area (Å²) in [5.41, 5.74) is -0.889. The van der Waals surface area contributed by atoms with Crippen molar-refractivity contribution < 1.29 is 18.0 Å². The van der Waals surface area contributed by atoms with Gasteiger partial charge in [-0.05, 0) is 12.5 Å². The topological polar surface area (TPSA) is 54.0 Å². The van der Waals surface area contributed by atoms with Crippen molar-refractivity contribution in [2.24, 2.45) is 0 Å². The fourth-order valence-electron chi connectivity index (χ4n) is 1.75. The second-order valence-corrected chi connectivity index (χ2v) is 4.64. The van der Waals surface area contributed by atoms with Crippen LogP contribution in [0.5, 0.6) is 0 Å². The average Bonchev–Trinajstić information content (AvgIpc) is 2.33. The standard InChI is InChI=1S/C11H11ClF3N3O/c12-8-3-6(11(13,14)15)4-17-10(8)18-7-1-2-9(19)16-5-7/h3-4,7H,1-2,5H2,(H,16,19)(H,17,18). The van der Waals surface area contributed by atoms with Crippen LogP contribution >= 0.6 is 11.6 Å². The Labute approximate surface area is 112 Å². The van der Waals surface area contributed by atoms with Crippen molar-refractivity contribution in [2.75, 3.05) is 11.9 Å². The molecule has 4 nitrogen and oxygen atoms in total. The van der Waals surface area contributed by atoms with E-state index in [9.17, 15) is 18.0 Å². The van der Waals surface area contributed by atoms with Gasteiger partial charge in [-0.25, -0.2) is 4.98 Å². The van der Waals surface area contributed by atoms with Gasteiger partial charge < -0.3 is 10.6 Å². The van der Waals surface area contributed by atoms with Crippen LogP contribution in [-0.2, 0) is 11.0 Å². The number of pyridine rings is 1. The SMILES string of the molecule is O=C1CCC(Nc2ncc(C(F)(F)F)cc2Cl)CN1. The molecule has 1 amide bonds. The molecule has 8 heteroatoms. The van der Waals surface area contributed by atoms with Crippen LogP contribution in [-0.4, -0.2) is 23.5 Å².